The fourth-order valence-electron chi connectivity index (χ4n) is 2.60. The van der Waals surface area contributed by atoms with Crippen molar-refractivity contribution in [2.24, 2.45) is 5.92 Å². The molecule has 2 atom stereocenters. The lowest BCUT2D eigenvalue weighted by Gasteiger charge is -2.25. The second-order valence-corrected chi connectivity index (χ2v) is 9.78. The van der Waals surface area contributed by atoms with Gasteiger partial charge >= 0.3 is 0 Å². The normalized spacial score (nSPS) is 14.2. The van der Waals surface area contributed by atoms with Gasteiger partial charge in [-0.25, -0.2) is 13.1 Å². The van der Waals surface area contributed by atoms with Gasteiger partial charge in [-0.05, 0) is 60.6 Å². The number of sulfonamides is 1. The maximum Gasteiger partial charge on any atom is 0.240 e. The van der Waals surface area contributed by atoms with Crippen LogP contribution < -0.4 is 4.72 Å². The van der Waals surface area contributed by atoms with Gasteiger partial charge in [-0.2, -0.15) is 0 Å². The lowest BCUT2D eigenvalue weighted by Crippen LogP contribution is -2.40. The van der Waals surface area contributed by atoms with Crippen molar-refractivity contribution in [1.82, 2.24) is 4.72 Å². The summed E-state index contributed by atoms with van der Waals surface area (Å²) in [5.74, 6) is 0.327. The zero-order chi connectivity index (χ0) is 19.3. The van der Waals surface area contributed by atoms with Crippen LogP contribution in [0.15, 0.2) is 56.7 Å². The second kappa shape index (κ2) is 9.26. The Bertz CT molecular complexity index is 838. The molecule has 0 amide bonds. The molecule has 7 heteroatoms. The van der Waals surface area contributed by atoms with E-state index in [0.29, 0.717) is 6.42 Å². The molecule has 2 aromatic carbocycles. The summed E-state index contributed by atoms with van der Waals surface area (Å²) in [6, 6.07) is 11.8. The van der Waals surface area contributed by atoms with Crippen molar-refractivity contribution in [3.8, 4) is 5.75 Å². The average Bonchev–Trinajstić information content (AvgIpc) is 2.62. The van der Waals surface area contributed by atoms with Gasteiger partial charge in [0.1, 0.15) is 5.75 Å². The van der Waals surface area contributed by atoms with Crippen molar-refractivity contribution in [3.63, 3.8) is 0 Å². The highest BCUT2D eigenvalue weighted by atomic mass is 79.9. The monoisotopic (exact) mass is 457 g/mol. The zero-order valence-corrected chi connectivity index (χ0v) is 18.3. The molecule has 2 N–H and O–H groups in total. The minimum atomic E-state index is -3.63. The highest BCUT2D eigenvalue weighted by molar-refractivity contribution is 9.10. The molecule has 0 unspecified atom stereocenters. The van der Waals surface area contributed by atoms with Gasteiger partial charge in [-0.15, -0.1) is 11.8 Å². The number of aromatic hydroxyl groups is 1. The molecule has 0 bridgehead atoms. The van der Waals surface area contributed by atoms with Gasteiger partial charge in [0.2, 0.25) is 10.0 Å². The van der Waals surface area contributed by atoms with E-state index in [1.165, 1.54) is 0 Å². The van der Waals surface area contributed by atoms with Crippen LogP contribution >= 0.6 is 27.7 Å². The van der Waals surface area contributed by atoms with Gasteiger partial charge in [-0.1, -0.05) is 42.3 Å². The Labute approximate surface area is 168 Å². The van der Waals surface area contributed by atoms with E-state index in [2.05, 4.69) is 20.7 Å². The van der Waals surface area contributed by atoms with E-state index < -0.39 is 10.0 Å². The minimum Gasteiger partial charge on any atom is -0.508 e. The van der Waals surface area contributed by atoms with Gasteiger partial charge in [0.15, 0.2) is 0 Å². The van der Waals surface area contributed by atoms with Gasteiger partial charge in [0.05, 0.1) is 4.90 Å². The van der Waals surface area contributed by atoms with E-state index in [9.17, 15) is 13.5 Å². The minimum absolute atomic E-state index is 0.125. The van der Waals surface area contributed by atoms with Crippen LogP contribution in [-0.4, -0.2) is 25.8 Å². The molecule has 0 aliphatic heterocycles. The van der Waals surface area contributed by atoms with Gasteiger partial charge in [-0.3, -0.25) is 0 Å². The van der Waals surface area contributed by atoms with Gasteiger partial charge in [0.25, 0.3) is 0 Å². The Kier molecular flexibility index (Phi) is 7.58. The Morgan fingerprint density at radius 2 is 1.85 bits per heavy atom. The first-order chi connectivity index (χ1) is 12.3. The molecule has 0 aliphatic carbocycles. The molecule has 26 heavy (non-hydrogen) atoms. The second-order valence-electron chi connectivity index (χ2n) is 6.27. The lowest BCUT2D eigenvalue weighted by molar-refractivity contribution is 0.397. The summed E-state index contributed by atoms with van der Waals surface area (Å²) in [6.45, 7) is 4.05. The Morgan fingerprint density at radius 1 is 1.19 bits per heavy atom. The quantitative estimate of drug-likeness (QED) is 0.557. The molecule has 142 valence electrons. The third-order valence-corrected chi connectivity index (χ3v) is 7.25. The van der Waals surface area contributed by atoms with Crippen molar-refractivity contribution in [2.45, 2.75) is 42.5 Å². The van der Waals surface area contributed by atoms with Crippen LogP contribution in [0.4, 0.5) is 0 Å². The first-order valence-electron chi connectivity index (χ1n) is 8.40. The van der Waals surface area contributed by atoms with E-state index in [1.54, 1.807) is 42.1 Å². The van der Waals surface area contributed by atoms with Crippen molar-refractivity contribution in [1.29, 1.82) is 0 Å². The SMILES string of the molecule is CC[C@H](C)[C@H](Cc1ccc(SC)cc1O)NS(=O)(=O)c1ccc(Br)cc1. The van der Waals surface area contributed by atoms with E-state index in [4.69, 9.17) is 0 Å². The topological polar surface area (TPSA) is 66.4 Å². The molecule has 2 aromatic rings. The number of phenolic OH excluding ortho intramolecular Hbond substituents is 1. The van der Waals surface area contributed by atoms with E-state index in [0.717, 1.165) is 21.4 Å². The molecule has 0 spiro atoms. The van der Waals surface area contributed by atoms with Crippen LogP contribution in [0.2, 0.25) is 0 Å². The summed E-state index contributed by atoms with van der Waals surface area (Å²) < 4.78 is 29.2. The fourth-order valence-corrected chi connectivity index (χ4v) is 4.65. The van der Waals surface area contributed by atoms with Gasteiger partial charge < -0.3 is 5.11 Å². The van der Waals surface area contributed by atoms with Gasteiger partial charge in [0, 0.05) is 15.4 Å². The van der Waals surface area contributed by atoms with E-state index in [-0.39, 0.29) is 22.6 Å². The maximum absolute atomic E-state index is 12.8. The third-order valence-electron chi connectivity index (χ3n) is 4.49. The largest absolute Gasteiger partial charge is 0.508 e. The maximum atomic E-state index is 12.8. The number of benzene rings is 2. The third kappa shape index (κ3) is 5.49. The molecule has 2 rings (SSSR count). The smallest absolute Gasteiger partial charge is 0.240 e. The fraction of sp³-hybridized carbons (Fsp3) is 0.368. The summed E-state index contributed by atoms with van der Waals surface area (Å²) in [5.41, 5.74) is 0.742. The van der Waals surface area contributed by atoms with E-state index >= 15 is 0 Å². The molecule has 0 aromatic heterocycles. The van der Waals surface area contributed by atoms with Crippen LogP contribution in [0, 0.1) is 5.92 Å². The average molecular weight is 458 g/mol. The Balaban J connectivity index is 2.26. The summed E-state index contributed by atoms with van der Waals surface area (Å²) in [4.78, 5) is 1.21. The number of thioether (sulfide) groups is 1. The zero-order valence-electron chi connectivity index (χ0n) is 15.1. The van der Waals surface area contributed by atoms with E-state index in [1.807, 2.05) is 32.2 Å². The summed E-state index contributed by atoms with van der Waals surface area (Å²) in [7, 11) is -3.63. The predicted octanol–water partition coefficient (Wildman–Crippen LogP) is 4.81. The first kappa shape index (κ1) is 21.3. The number of rotatable bonds is 8. The molecule has 0 heterocycles. The summed E-state index contributed by atoms with van der Waals surface area (Å²) >= 11 is 4.87. The number of halogens is 1. The summed E-state index contributed by atoms with van der Waals surface area (Å²) in [6.07, 6.45) is 3.21. The van der Waals surface area contributed by atoms with Crippen LogP contribution in [0.25, 0.3) is 0 Å². The molecule has 0 saturated heterocycles. The van der Waals surface area contributed by atoms with Crippen molar-refractivity contribution >= 4 is 37.7 Å². The molecular formula is C19H24BrNO3S2. The number of hydrogen-bond donors (Lipinski definition) is 2. The predicted molar refractivity (Wildman–Crippen MR) is 111 cm³/mol. The number of hydrogen-bond acceptors (Lipinski definition) is 4. The highest BCUT2D eigenvalue weighted by Gasteiger charge is 2.25. The summed E-state index contributed by atoms with van der Waals surface area (Å²) in [5, 5.41) is 10.3. The van der Waals surface area contributed by atoms with Crippen LogP contribution in [0.5, 0.6) is 5.75 Å². The molecular weight excluding hydrogens is 434 g/mol. The molecule has 4 nitrogen and oxygen atoms in total. The van der Waals surface area contributed by atoms with Crippen molar-refractivity contribution in [3.05, 3.63) is 52.5 Å². The highest BCUT2D eigenvalue weighted by Crippen LogP contribution is 2.27. The van der Waals surface area contributed by atoms with Crippen LogP contribution in [-0.2, 0) is 16.4 Å². The Hall–Kier alpha value is -1.02. The molecule has 0 aliphatic rings. The number of phenols is 1. The van der Waals surface area contributed by atoms with Crippen LogP contribution in [0.3, 0.4) is 0 Å². The van der Waals surface area contributed by atoms with Crippen molar-refractivity contribution < 1.29 is 13.5 Å². The molecule has 0 saturated carbocycles. The lowest BCUT2D eigenvalue weighted by atomic mass is 9.93. The number of nitrogens with one attached hydrogen (secondary N) is 1. The Morgan fingerprint density at radius 3 is 2.38 bits per heavy atom. The standard InChI is InChI=1S/C19H24BrNO3S2/c1-4-13(2)18(11-14-5-8-16(25-3)12-19(14)22)21-26(23,24)17-9-6-15(20)7-10-17/h5-10,12-13,18,21-22H,4,11H2,1-3H3/t13-,18-/m0/s1. The van der Waals surface area contributed by atoms with Crippen LogP contribution in [0.1, 0.15) is 25.8 Å². The molecule has 0 radical (unpaired) electrons. The first-order valence-corrected chi connectivity index (χ1v) is 11.9. The van der Waals surface area contributed by atoms with Crippen molar-refractivity contribution in [2.75, 3.05) is 6.26 Å². The molecule has 0 fully saturated rings.